The van der Waals surface area contributed by atoms with E-state index in [1.165, 1.54) is 12.1 Å². The third-order valence-corrected chi connectivity index (χ3v) is 6.73. The number of piperazine rings is 1. The van der Waals surface area contributed by atoms with Crippen LogP contribution < -0.4 is 0 Å². The van der Waals surface area contributed by atoms with Crippen LogP contribution in [0.2, 0.25) is 0 Å². The number of aromatic nitrogens is 3. The maximum Gasteiger partial charge on any atom is 0.274 e. The molecule has 2 atom stereocenters. The first-order valence-corrected chi connectivity index (χ1v) is 12.8. The second-order valence-electron chi connectivity index (χ2n) is 11.5. The number of benzene rings is 1. The molecule has 1 fully saturated rings. The van der Waals surface area contributed by atoms with Gasteiger partial charge in [-0.1, -0.05) is 34.6 Å². The molecule has 1 saturated heterocycles. The van der Waals surface area contributed by atoms with Crippen molar-refractivity contribution in [3.63, 3.8) is 0 Å². The van der Waals surface area contributed by atoms with E-state index in [1.807, 2.05) is 47.6 Å². The van der Waals surface area contributed by atoms with E-state index in [0.717, 1.165) is 11.1 Å². The molecule has 0 aliphatic carbocycles. The molecule has 3 aromatic rings. The van der Waals surface area contributed by atoms with Gasteiger partial charge >= 0.3 is 0 Å². The number of carbonyl (C=O) groups is 2. The van der Waals surface area contributed by atoms with Crippen molar-refractivity contribution in [3.05, 3.63) is 53.6 Å². The molecule has 1 aliphatic rings. The van der Waals surface area contributed by atoms with Crippen molar-refractivity contribution >= 4 is 17.5 Å². The third kappa shape index (κ3) is 5.82. The minimum absolute atomic E-state index is 0.128. The Balaban J connectivity index is 1.55. The van der Waals surface area contributed by atoms with E-state index in [1.54, 1.807) is 32.6 Å². The Labute approximate surface area is 217 Å². The summed E-state index contributed by atoms with van der Waals surface area (Å²) in [6.45, 7) is 13.0. The smallest absolute Gasteiger partial charge is 0.274 e. The monoisotopic (exact) mass is 509 g/mol. The number of hydrogen-bond acceptors (Lipinski definition) is 5. The molecule has 198 valence electrons. The van der Waals surface area contributed by atoms with Crippen molar-refractivity contribution in [2.45, 2.75) is 66.0 Å². The van der Waals surface area contributed by atoms with E-state index in [4.69, 9.17) is 0 Å². The molecule has 0 spiro atoms. The standard InChI is InChI=1S/C28H36FN5O3/c1-17(2)21-13-22(19-7-9-20(29)10-8-19)31-34-16-23(30-25(21)34)26(36)33-12-11-32(15-18(33)3)27(37)24(35)14-28(4,5)6/h7-10,13,16-18,24,35H,11-12,14-15H2,1-6H3/t18-,24-/m1/s1. The van der Waals surface area contributed by atoms with Crippen LogP contribution >= 0.6 is 0 Å². The lowest BCUT2D eigenvalue weighted by Gasteiger charge is -2.40. The number of aliphatic hydroxyl groups is 1. The van der Waals surface area contributed by atoms with Crippen LogP contribution in [0.15, 0.2) is 36.5 Å². The van der Waals surface area contributed by atoms with Gasteiger partial charge in [-0.15, -0.1) is 0 Å². The Morgan fingerprint density at radius 1 is 1.16 bits per heavy atom. The van der Waals surface area contributed by atoms with Gasteiger partial charge in [0.05, 0.1) is 11.9 Å². The molecule has 1 aromatic carbocycles. The number of rotatable bonds is 5. The molecule has 0 saturated carbocycles. The van der Waals surface area contributed by atoms with Crippen LogP contribution in [0.1, 0.15) is 69.9 Å². The molecule has 0 unspecified atom stereocenters. The minimum atomic E-state index is -1.05. The van der Waals surface area contributed by atoms with Crippen molar-refractivity contribution < 1.29 is 19.1 Å². The summed E-state index contributed by atoms with van der Waals surface area (Å²) in [7, 11) is 0. The molecule has 4 rings (SSSR count). The van der Waals surface area contributed by atoms with Gasteiger partial charge in [0.1, 0.15) is 17.6 Å². The van der Waals surface area contributed by atoms with Crippen LogP contribution in [0.5, 0.6) is 0 Å². The Bertz CT molecular complexity index is 1300. The van der Waals surface area contributed by atoms with E-state index in [9.17, 15) is 19.1 Å². The average molecular weight is 510 g/mol. The molecule has 37 heavy (non-hydrogen) atoms. The molecular formula is C28H36FN5O3. The average Bonchev–Trinajstić information content (AvgIpc) is 3.26. The molecule has 2 aromatic heterocycles. The number of nitrogens with zero attached hydrogens (tertiary/aromatic N) is 5. The number of hydrogen-bond donors (Lipinski definition) is 1. The topological polar surface area (TPSA) is 91.0 Å². The Hall–Kier alpha value is -3.33. The molecular weight excluding hydrogens is 473 g/mol. The summed E-state index contributed by atoms with van der Waals surface area (Å²) in [5, 5.41) is 15.1. The third-order valence-electron chi connectivity index (χ3n) is 6.73. The van der Waals surface area contributed by atoms with E-state index < -0.39 is 6.10 Å². The molecule has 0 bridgehead atoms. The van der Waals surface area contributed by atoms with Crippen molar-refractivity contribution in [1.82, 2.24) is 24.4 Å². The van der Waals surface area contributed by atoms with Crippen molar-refractivity contribution in [2.75, 3.05) is 19.6 Å². The second kappa shape index (κ2) is 10.2. The Morgan fingerprint density at radius 3 is 2.43 bits per heavy atom. The van der Waals surface area contributed by atoms with Crippen LogP contribution in [-0.4, -0.2) is 73.1 Å². The highest BCUT2D eigenvalue weighted by molar-refractivity contribution is 5.93. The fourth-order valence-corrected chi connectivity index (χ4v) is 4.78. The largest absolute Gasteiger partial charge is 0.383 e. The Kier molecular flexibility index (Phi) is 7.37. The summed E-state index contributed by atoms with van der Waals surface area (Å²) in [6, 6.07) is 7.85. The summed E-state index contributed by atoms with van der Waals surface area (Å²) < 4.78 is 15.0. The molecule has 3 heterocycles. The van der Waals surface area contributed by atoms with Gasteiger partial charge in [-0.25, -0.2) is 13.9 Å². The van der Waals surface area contributed by atoms with Gasteiger partial charge in [0.25, 0.3) is 11.8 Å². The Morgan fingerprint density at radius 2 is 1.84 bits per heavy atom. The SMILES string of the molecule is CC(C)c1cc(-c2ccc(F)cc2)nn2cc(C(=O)N3CCN(C(=O)[C@H](O)CC(C)(C)C)C[C@H]3C)nc12. The minimum Gasteiger partial charge on any atom is -0.383 e. The number of halogens is 1. The molecule has 8 nitrogen and oxygen atoms in total. The zero-order valence-electron chi connectivity index (χ0n) is 22.4. The predicted octanol–water partition coefficient (Wildman–Crippen LogP) is 4.13. The maximum absolute atomic E-state index is 13.5. The van der Waals surface area contributed by atoms with Gasteiger partial charge in [-0.05, 0) is 55.0 Å². The summed E-state index contributed by atoms with van der Waals surface area (Å²) in [5.74, 6) is -0.703. The van der Waals surface area contributed by atoms with Gasteiger partial charge < -0.3 is 14.9 Å². The number of fused-ring (bicyclic) bond motifs is 1. The highest BCUT2D eigenvalue weighted by atomic mass is 19.1. The summed E-state index contributed by atoms with van der Waals surface area (Å²) >= 11 is 0. The lowest BCUT2D eigenvalue weighted by molar-refractivity contribution is -0.144. The van der Waals surface area contributed by atoms with Gasteiger partial charge in [0, 0.05) is 36.8 Å². The zero-order chi connectivity index (χ0) is 27.1. The zero-order valence-corrected chi connectivity index (χ0v) is 22.4. The van der Waals surface area contributed by atoms with Crippen molar-refractivity contribution in [3.8, 4) is 11.3 Å². The second-order valence-corrected chi connectivity index (χ2v) is 11.5. The van der Waals surface area contributed by atoms with E-state index in [0.29, 0.717) is 37.4 Å². The molecule has 2 amide bonds. The van der Waals surface area contributed by atoms with Crippen molar-refractivity contribution in [1.29, 1.82) is 0 Å². The number of imidazole rings is 1. The lowest BCUT2D eigenvalue weighted by Crippen LogP contribution is -2.57. The first kappa shape index (κ1) is 26.7. The van der Waals surface area contributed by atoms with Crippen LogP contribution in [0.3, 0.4) is 0 Å². The maximum atomic E-state index is 13.5. The fraction of sp³-hybridized carbons (Fsp3) is 0.500. The van der Waals surface area contributed by atoms with E-state index in [-0.39, 0.29) is 40.7 Å². The van der Waals surface area contributed by atoms with E-state index >= 15 is 0 Å². The lowest BCUT2D eigenvalue weighted by atomic mass is 9.89. The van der Waals surface area contributed by atoms with E-state index in [2.05, 4.69) is 10.1 Å². The van der Waals surface area contributed by atoms with Gasteiger partial charge in [-0.2, -0.15) is 5.10 Å². The predicted molar refractivity (Wildman–Crippen MR) is 140 cm³/mol. The summed E-state index contributed by atoms with van der Waals surface area (Å²) in [4.78, 5) is 34.3. The quantitative estimate of drug-likeness (QED) is 0.559. The first-order chi connectivity index (χ1) is 17.3. The van der Waals surface area contributed by atoms with Gasteiger partial charge in [0.2, 0.25) is 0 Å². The fourth-order valence-electron chi connectivity index (χ4n) is 4.78. The molecule has 9 heteroatoms. The van der Waals surface area contributed by atoms with Crippen molar-refractivity contribution in [2.24, 2.45) is 5.41 Å². The number of carbonyl (C=O) groups excluding carboxylic acids is 2. The van der Waals surface area contributed by atoms with Crippen LogP contribution in [0, 0.1) is 11.2 Å². The highest BCUT2D eigenvalue weighted by Gasteiger charge is 2.34. The molecule has 1 N–H and O–H groups in total. The number of amides is 2. The van der Waals surface area contributed by atoms with Crippen LogP contribution in [0.4, 0.5) is 4.39 Å². The van der Waals surface area contributed by atoms with Crippen LogP contribution in [-0.2, 0) is 4.79 Å². The number of aliphatic hydroxyl groups excluding tert-OH is 1. The summed E-state index contributed by atoms with van der Waals surface area (Å²) in [5.41, 5.74) is 3.10. The van der Waals surface area contributed by atoms with Gasteiger partial charge in [0.15, 0.2) is 5.65 Å². The van der Waals surface area contributed by atoms with Crippen LogP contribution in [0.25, 0.3) is 16.9 Å². The van der Waals surface area contributed by atoms with Gasteiger partial charge in [-0.3, -0.25) is 9.59 Å². The summed E-state index contributed by atoms with van der Waals surface area (Å²) in [6.07, 6.45) is 0.961. The molecule has 1 aliphatic heterocycles. The normalized spacial score (nSPS) is 17.5. The molecule has 0 radical (unpaired) electrons. The first-order valence-electron chi connectivity index (χ1n) is 12.8. The highest BCUT2D eigenvalue weighted by Crippen LogP contribution is 2.27.